The first kappa shape index (κ1) is 11.0. The van der Waals surface area contributed by atoms with Gasteiger partial charge in [0.05, 0.1) is 12.6 Å². The molecule has 2 rings (SSSR count). The zero-order chi connectivity index (χ0) is 11.5. The largest absolute Gasteiger partial charge is 0.493 e. The Morgan fingerprint density at radius 1 is 1.62 bits per heavy atom. The number of hydrogen-bond donors (Lipinski definition) is 2. The number of nitrogens with one attached hydrogen (secondary N) is 1. The average Bonchev–Trinajstić information content (AvgIpc) is 2.72. The molecule has 0 fully saturated rings. The molecular formula is C12H16N2O2. The fourth-order valence-corrected chi connectivity index (χ4v) is 1.72. The molecule has 0 saturated heterocycles. The summed E-state index contributed by atoms with van der Waals surface area (Å²) in [6.07, 6.45) is 0.967. The molecular weight excluding hydrogens is 204 g/mol. The molecule has 1 aliphatic heterocycles. The van der Waals surface area contributed by atoms with Crippen molar-refractivity contribution in [1.29, 1.82) is 0 Å². The highest BCUT2D eigenvalue weighted by Crippen LogP contribution is 2.25. The molecule has 0 saturated carbocycles. The number of benzene rings is 1. The van der Waals surface area contributed by atoms with Gasteiger partial charge in [-0.15, -0.1) is 0 Å². The van der Waals surface area contributed by atoms with Crippen molar-refractivity contribution in [1.82, 2.24) is 5.32 Å². The molecule has 0 spiro atoms. The van der Waals surface area contributed by atoms with Crippen molar-refractivity contribution in [3.05, 3.63) is 29.3 Å². The SMILES string of the molecule is CC(NCc1ccc2c(c1)CCO2)C(N)=O. The quantitative estimate of drug-likeness (QED) is 0.780. The highest BCUT2D eigenvalue weighted by atomic mass is 16.5. The lowest BCUT2D eigenvalue weighted by Crippen LogP contribution is -2.38. The summed E-state index contributed by atoms with van der Waals surface area (Å²) >= 11 is 0. The third kappa shape index (κ3) is 2.33. The van der Waals surface area contributed by atoms with Gasteiger partial charge in [0.15, 0.2) is 0 Å². The third-order valence-electron chi connectivity index (χ3n) is 2.79. The molecule has 16 heavy (non-hydrogen) atoms. The minimum Gasteiger partial charge on any atom is -0.493 e. The van der Waals surface area contributed by atoms with Crippen molar-refractivity contribution in [3.63, 3.8) is 0 Å². The summed E-state index contributed by atoms with van der Waals surface area (Å²) in [6.45, 7) is 3.18. The van der Waals surface area contributed by atoms with Crippen LogP contribution in [0.25, 0.3) is 0 Å². The highest BCUT2D eigenvalue weighted by Gasteiger charge is 2.12. The number of fused-ring (bicyclic) bond motifs is 1. The maximum Gasteiger partial charge on any atom is 0.234 e. The lowest BCUT2D eigenvalue weighted by Gasteiger charge is -2.10. The fourth-order valence-electron chi connectivity index (χ4n) is 1.72. The summed E-state index contributed by atoms with van der Waals surface area (Å²) in [4.78, 5) is 10.8. The van der Waals surface area contributed by atoms with E-state index in [4.69, 9.17) is 10.5 Å². The Hall–Kier alpha value is -1.55. The smallest absolute Gasteiger partial charge is 0.234 e. The second kappa shape index (κ2) is 4.53. The fraction of sp³-hybridized carbons (Fsp3) is 0.417. The molecule has 0 radical (unpaired) electrons. The molecule has 3 N–H and O–H groups in total. The van der Waals surface area contributed by atoms with Crippen LogP contribution in [0.5, 0.6) is 5.75 Å². The summed E-state index contributed by atoms with van der Waals surface area (Å²) in [5, 5.41) is 3.07. The van der Waals surface area contributed by atoms with Gasteiger partial charge >= 0.3 is 0 Å². The van der Waals surface area contributed by atoms with E-state index in [1.54, 1.807) is 6.92 Å². The second-order valence-electron chi connectivity index (χ2n) is 4.05. The van der Waals surface area contributed by atoms with Crippen LogP contribution < -0.4 is 15.8 Å². The van der Waals surface area contributed by atoms with E-state index in [0.29, 0.717) is 6.54 Å². The van der Waals surface area contributed by atoms with Crippen LogP contribution in [-0.2, 0) is 17.8 Å². The number of carbonyl (C=O) groups is 1. The van der Waals surface area contributed by atoms with Crippen molar-refractivity contribution in [2.24, 2.45) is 5.73 Å². The maximum atomic E-state index is 10.8. The number of carbonyl (C=O) groups excluding carboxylic acids is 1. The zero-order valence-corrected chi connectivity index (χ0v) is 9.32. The van der Waals surface area contributed by atoms with Crippen LogP contribution in [0.15, 0.2) is 18.2 Å². The zero-order valence-electron chi connectivity index (χ0n) is 9.32. The van der Waals surface area contributed by atoms with Crippen LogP contribution in [0.1, 0.15) is 18.1 Å². The Morgan fingerprint density at radius 2 is 2.44 bits per heavy atom. The summed E-state index contributed by atoms with van der Waals surface area (Å²) in [5.74, 6) is 0.649. The molecule has 4 nitrogen and oxygen atoms in total. The van der Waals surface area contributed by atoms with Crippen LogP contribution in [0, 0.1) is 0 Å². The Bertz CT molecular complexity index is 404. The van der Waals surface area contributed by atoms with Gasteiger partial charge in [0, 0.05) is 13.0 Å². The van der Waals surface area contributed by atoms with Crippen LogP contribution in [0.4, 0.5) is 0 Å². The molecule has 1 unspecified atom stereocenters. The lowest BCUT2D eigenvalue weighted by atomic mass is 10.1. The van der Waals surface area contributed by atoms with Gasteiger partial charge in [0.2, 0.25) is 5.91 Å². The van der Waals surface area contributed by atoms with E-state index in [2.05, 4.69) is 11.4 Å². The maximum absolute atomic E-state index is 10.8. The first-order valence-corrected chi connectivity index (χ1v) is 5.44. The monoisotopic (exact) mass is 220 g/mol. The van der Waals surface area contributed by atoms with Crippen LogP contribution >= 0.6 is 0 Å². The molecule has 1 amide bonds. The van der Waals surface area contributed by atoms with E-state index in [1.807, 2.05) is 12.1 Å². The number of nitrogens with two attached hydrogens (primary N) is 1. The summed E-state index contributed by atoms with van der Waals surface area (Å²) in [5.41, 5.74) is 7.56. The van der Waals surface area contributed by atoms with Crippen LogP contribution in [0.3, 0.4) is 0 Å². The highest BCUT2D eigenvalue weighted by molar-refractivity contribution is 5.79. The van der Waals surface area contributed by atoms with E-state index in [1.165, 1.54) is 5.56 Å². The summed E-state index contributed by atoms with van der Waals surface area (Å²) in [6, 6.07) is 5.80. The van der Waals surface area contributed by atoms with E-state index in [-0.39, 0.29) is 11.9 Å². The number of amides is 1. The molecule has 4 heteroatoms. The third-order valence-corrected chi connectivity index (χ3v) is 2.79. The van der Waals surface area contributed by atoms with Crippen molar-refractivity contribution in [2.45, 2.75) is 25.9 Å². The first-order valence-electron chi connectivity index (χ1n) is 5.44. The molecule has 1 aromatic carbocycles. The predicted octanol–water partition coefficient (Wildman–Crippen LogP) is 0.585. The van der Waals surface area contributed by atoms with Crippen molar-refractivity contribution >= 4 is 5.91 Å². The van der Waals surface area contributed by atoms with Gasteiger partial charge in [-0.05, 0) is 24.1 Å². The molecule has 86 valence electrons. The Labute approximate surface area is 94.8 Å². The number of hydrogen-bond acceptors (Lipinski definition) is 3. The van der Waals surface area contributed by atoms with Gasteiger partial charge in [-0.1, -0.05) is 12.1 Å². The number of rotatable bonds is 4. The number of primary amides is 1. The lowest BCUT2D eigenvalue weighted by molar-refractivity contribution is -0.119. The second-order valence-corrected chi connectivity index (χ2v) is 4.05. The molecule has 0 aliphatic carbocycles. The van der Waals surface area contributed by atoms with E-state index < -0.39 is 0 Å². The molecule has 1 aromatic rings. The Kier molecular flexibility index (Phi) is 3.10. The minimum atomic E-state index is -0.329. The van der Waals surface area contributed by atoms with Gasteiger partial charge in [-0.25, -0.2) is 0 Å². The van der Waals surface area contributed by atoms with Gasteiger partial charge < -0.3 is 15.8 Å². The van der Waals surface area contributed by atoms with Crippen LogP contribution in [-0.4, -0.2) is 18.6 Å². The van der Waals surface area contributed by atoms with Crippen molar-refractivity contribution < 1.29 is 9.53 Å². The topological polar surface area (TPSA) is 64.3 Å². The van der Waals surface area contributed by atoms with E-state index in [9.17, 15) is 4.79 Å². The Balaban J connectivity index is 1.98. The normalized spacial score (nSPS) is 15.3. The summed E-state index contributed by atoms with van der Waals surface area (Å²) < 4.78 is 5.42. The van der Waals surface area contributed by atoms with Crippen molar-refractivity contribution in [2.75, 3.05) is 6.61 Å². The average molecular weight is 220 g/mol. The van der Waals surface area contributed by atoms with Gasteiger partial charge in [0.25, 0.3) is 0 Å². The molecule has 0 bridgehead atoms. The molecule has 1 aliphatic rings. The molecule has 0 aromatic heterocycles. The van der Waals surface area contributed by atoms with Gasteiger partial charge in [0.1, 0.15) is 5.75 Å². The first-order chi connectivity index (χ1) is 7.66. The predicted molar refractivity (Wildman–Crippen MR) is 61.1 cm³/mol. The molecule has 1 heterocycles. The minimum absolute atomic E-state index is 0.301. The van der Waals surface area contributed by atoms with Crippen LogP contribution in [0.2, 0.25) is 0 Å². The van der Waals surface area contributed by atoms with Crippen molar-refractivity contribution in [3.8, 4) is 5.75 Å². The van der Waals surface area contributed by atoms with E-state index in [0.717, 1.165) is 24.3 Å². The van der Waals surface area contributed by atoms with Gasteiger partial charge in [-0.3, -0.25) is 4.79 Å². The van der Waals surface area contributed by atoms with E-state index >= 15 is 0 Å². The standard InChI is InChI=1S/C12H16N2O2/c1-8(12(13)15)14-7-9-2-3-11-10(6-9)4-5-16-11/h2-3,6,8,14H,4-5,7H2,1H3,(H2,13,15). The van der Waals surface area contributed by atoms with Gasteiger partial charge in [-0.2, -0.15) is 0 Å². The number of ether oxygens (including phenoxy) is 1. The summed E-state index contributed by atoms with van der Waals surface area (Å²) in [7, 11) is 0. The Morgan fingerprint density at radius 3 is 3.19 bits per heavy atom. The molecule has 1 atom stereocenters.